The molecule has 0 fully saturated rings. The molecule has 3 aromatic rings. The summed E-state index contributed by atoms with van der Waals surface area (Å²) in [6.07, 6.45) is -1.36. The Morgan fingerprint density at radius 3 is 2.55 bits per heavy atom. The van der Waals surface area contributed by atoms with Crippen molar-refractivity contribution in [2.45, 2.75) is 6.18 Å². The quantitative estimate of drug-likeness (QED) is 0.744. The first-order valence-electron chi connectivity index (χ1n) is 6.08. The maximum Gasteiger partial charge on any atom is 0.435 e. The highest BCUT2D eigenvalue weighted by atomic mass is 19.4. The highest BCUT2D eigenvalue weighted by Gasteiger charge is 2.32. The Hall–Kier alpha value is -2.97. The Labute approximate surface area is 122 Å². The summed E-state index contributed by atoms with van der Waals surface area (Å²) in [6, 6.07) is 8.69. The average molecular weight is 307 g/mol. The number of rotatable bonds is 3. The van der Waals surface area contributed by atoms with Gasteiger partial charge < -0.3 is 4.74 Å². The maximum atomic E-state index is 12.4. The smallest absolute Gasteiger partial charge is 0.435 e. The first kappa shape index (κ1) is 14.0. The third-order valence-corrected chi connectivity index (χ3v) is 2.66. The van der Waals surface area contributed by atoms with Gasteiger partial charge in [-0.1, -0.05) is 11.3 Å². The second-order valence-electron chi connectivity index (χ2n) is 4.20. The summed E-state index contributed by atoms with van der Waals surface area (Å²) in [5.74, 6) is 0.353. The largest absolute Gasteiger partial charge is 0.437 e. The molecule has 0 saturated carbocycles. The third-order valence-electron chi connectivity index (χ3n) is 2.66. The van der Waals surface area contributed by atoms with Gasteiger partial charge in [0.25, 0.3) is 0 Å². The molecule has 0 amide bonds. The van der Waals surface area contributed by atoms with E-state index in [9.17, 15) is 13.2 Å². The lowest BCUT2D eigenvalue weighted by molar-refractivity contribution is -0.141. The molecule has 0 N–H and O–H groups in total. The van der Waals surface area contributed by atoms with Gasteiger partial charge in [-0.05, 0) is 18.2 Å². The Morgan fingerprint density at radius 1 is 1.05 bits per heavy atom. The lowest BCUT2D eigenvalue weighted by Crippen LogP contribution is -2.08. The topological polar surface area (TPSA) is 65.7 Å². The zero-order chi connectivity index (χ0) is 15.6. The molecule has 2 heterocycles. The monoisotopic (exact) mass is 307 g/mol. The van der Waals surface area contributed by atoms with Crippen LogP contribution in [-0.4, -0.2) is 25.2 Å². The predicted octanol–water partition coefficient (Wildman–Crippen LogP) is 2.87. The number of aromatic nitrogens is 5. The van der Waals surface area contributed by atoms with E-state index in [1.165, 1.54) is 10.9 Å². The Kier molecular flexibility index (Phi) is 3.45. The molecule has 0 unspecified atom stereocenters. The number of alkyl halides is 3. The van der Waals surface area contributed by atoms with Crippen LogP contribution in [0.1, 0.15) is 5.69 Å². The van der Waals surface area contributed by atoms with Crippen molar-refractivity contribution in [3.05, 3.63) is 54.5 Å². The molecule has 0 aliphatic carbocycles. The molecular weight excluding hydrogens is 299 g/mol. The fourth-order valence-electron chi connectivity index (χ4n) is 1.68. The van der Waals surface area contributed by atoms with E-state index in [1.54, 1.807) is 30.5 Å². The van der Waals surface area contributed by atoms with Gasteiger partial charge in [0.15, 0.2) is 5.69 Å². The minimum atomic E-state index is -4.53. The van der Waals surface area contributed by atoms with Crippen LogP contribution in [0, 0.1) is 0 Å². The minimum absolute atomic E-state index is 0.0382. The van der Waals surface area contributed by atoms with E-state index in [1.807, 2.05) is 0 Å². The number of halogens is 3. The molecule has 0 radical (unpaired) electrons. The summed E-state index contributed by atoms with van der Waals surface area (Å²) < 4.78 is 44.1. The van der Waals surface area contributed by atoms with Crippen LogP contribution in [0.3, 0.4) is 0 Å². The fraction of sp³-hybridized carbons (Fsp3) is 0.0769. The van der Waals surface area contributed by atoms with E-state index in [4.69, 9.17) is 4.74 Å². The molecular formula is C13H8F3N5O. The molecule has 22 heavy (non-hydrogen) atoms. The van der Waals surface area contributed by atoms with Gasteiger partial charge in [-0.15, -0.1) is 15.3 Å². The normalized spacial score (nSPS) is 11.4. The number of hydrogen-bond donors (Lipinski definition) is 0. The zero-order valence-corrected chi connectivity index (χ0v) is 10.9. The van der Waals surface area contributed by atoms with Gasteiger partial charge in [-0.2, -0.15) is 13.2 Å². The highest BCUT2D eigenvalue weighted by Crippen LogP contribution is 2.28. The Bertz CT molecular complexity index is 756. The summed E-state index contributed by atoms with van der Waals surface area (Å²) >= 11 is 0. The number of nitrogens with zero attached hydrogens (tertiary/aromatic N) is 5. The van der Waals surface area contributed by atoms with Crippen molar-refractivity contribution in [1.82, 2.24) is 25.2 Å². The van der Waals surface area contributed by atoms with Gasteiger partial charge >= 0.3 is 6.18 Å². The minimum Gasteiger partial charge on any atom is -0.437 e. The molecule has 3 rings (SSSR count). The maximum absolute atomic E-state index is 12.4. The van der Waals surface area contributed by atoms with Crippen molar-refractivity contribution in [3.63, 3.8) is 0 Å². The second-order valence-corrected chi connectivity index (χ2v) is 4.20. The van der Waals surface area contributed by atoms with Crippen molar-refractivity contribution in [2.24, 2.45) is 0 Å². The molecule has 9 heteroatoms. The van der Waals surface area contributed by atoms with E-state index < -0.39 is 11.9 Å². The molecule has 0 bridgehead atoms. The van der Waals surface area contributed by atoms with Gasteiger partial charge in [0.2, 0.25) is 5.88 Å². The van der Waals surface area contributed by atoms with Crippen molar-refractivity contribution in [3.8, 4) is 17.3 Å². The number of benzene rings is 1. The SMILES string of the molecule is FC(F)(F)c1ccc(Oc2cccc(-n3ccnn3)c2)nn1. The second kappa shape index (κ2) is 5.43. The lowest BCUT2D eigenvalue weighted by Gasteiger charge is -2.08. The molecule has 0 aliphatic heterocycles. The van der Waals surface area contributed by atoms with Crippen LogP contribution in [0.2, 0.25) is 0 Å². The van der Waals surface area contributed by atoms with Crippen LogP contribution in [0.15, 0.2) is 48.8 Å². The van der Waals surface area contributed by atoms with Crippen LogP contribution in [-0.2, 0) is 6.18 Å². The van der Waals surface area contributed by atoms with Gasteiger partial charge in [0.1, 0.15) is 5.75 Å². The van der Waals surface area contributed by atoms with Gasteiger partial charge in [-0.25, -0.2) is 4.68 Å². The first-order chi connectivity index (χ1) is 10.5. The molecule has 112 valence electrons. The third kappa shape index (κ3) is 3.03. The van der Waals surface area contributed by atoms with Gasteiger partial charge in [0.05, 0.1) is 18.1 Å². The van der Waals surface area contributed by atoms with Crippen molar-refractivity contribution < 1.29 is 17.9 Å². The van der Waals surface area contributed by atoms with Crippen LogP contribution in [0.5, 0.6) is 11.6 Å². The molecule has 0 spiro atoms. The predicted molar refractivity (Wildman–Crippen MR) is 68.5 cm³/mol. The summed E-state index contributed by atoms with van der Waals surface area (Å²) in [5.41, 5.74) is -0.383. The molecule has 6 nitrogen and oxygen atoms in total. The molecule has 0 aliphatic rings. The number of hydrogen-bond acceptors (Lipinski definition) is 5. The summed E-state index contributed by atoms with van der Waals surface area (Å²) in [7, 11) is 0. The van der Waals surface area contributed by atoms with E-state index in [0.717, 1.165) is 12.1 Å². The molecule has 0 saturated heterocycles. The van der Waals surface area contributed by atoms with E-state index in [0.29, 0.717) is 11.4 Å². The van der Waals surface area contributed by atoms with E-state index >= 15 is 0 Å². The van der Waals surface area contributed by atoms with Crippen LogP contribution in [0.4, 0.5) is 13.2 Å². The Morgan fingerprint density at radius 2 is 1.91 bits per heavy atom. The summed E-state index contributed by atoms with van der Waals surface area (Å²) in [4.78, 5) is 0. The summed E-state index contributed by atoms with van der Waals surface area (Å²) in [5, 5.41) is 14.0. The first-order valence-corrected chi connectivity index (χ1v) is 6.08. The number of ether oxygens (including phenoxy) is 1. The van der Waals surface area contributed by atoms with Crippen molar-refractivity contribution >= 4 is 0 Å². The van der Waals surface area contributed by atoms with Gasteiger partial charge in [0, 0.05) is 12.1 Å². The Balaban J connectivity index is 1.80. The average Bonchev–Trinajstić information content (AvgIpc) is 3.01. The highest BCUT2D eigenvalue weighted by molar-refractivity contribution is 5.39. The van der Waals surface area contributed by atoms with Crippen molar-refractivity contribution in [1.29, 1.82) is 0 Å². The van der Waals surface area contributed by atoms with Crippen LogP contribution >= 0.6 is 0 Å². The van der Waals surface area contributed by atoms with Crippen LogP contribution in [0.25, 0.3) is 5.69 Å². The van der Waals surface area contributed by atoms with Crippen molar-refractivity contribution in [2.75, 3.05) is 0 Å². The molecule has 0 atom stereocenters. The van der Waals surface area contributed by atoms with Gasteiger partial charge in [-0.3, -0.25) is 0 Å². The summed E-state index contributed by atoms with van der Waals surface area (Å²) in [6.45, 7) is 0. The van der Waals surface area contributed by atoms with Crippen LogP contribution < -0.4 is 4.74 Å². The molecule has 1 aromatic carbocycles. The van der Waals surface area contributed by atoms with E-state index in [-0.39, 0.29) is 5.88 Å². The lowest BCUT2D eigenvalue weighted by atomic mass is 10.3. The van der Waals surface area contributed by atoms with E-state index in [2.05, 4.69) is 20.5 Å². The fourth-order valence-corrected chi connectivity index (χ4v) is 1.68. The molecule has 2 aromatic heterocycles. The standard InChI is InChI=1S/C13H8F3N5O/c14-13(15,16)11-4-5-12(19-18-11)22-10-3-1-2-9(8-10)21-7-6-17-20-21/h1-8H. The zero-order valence-electron chi connectivity index (χ0n) is 10.9.